The zero-order valence-electron chi connectivity index (χ0n) is 12.6. The summed E-state index contributed by atoms with van der Waals surface area (Å²) in [4.78, 5) is 24.8. The van der Waals surface area contributed by atoms with E-state index in [2.05, 4.69) is 11.9 Å². The van der Waals surface area contributed by atoms with Crippen LogP contribution in [-0.2, 0) is 9.59 Å². The molecule has 1 heterocycles. The molecule has 23 heavy (non-hydrogen) atoms. The van der Waals surface area contributed by atoms with Crippen molar-refractivity contribution in [2.24, 2.45) is 0 Å². The molecule has 2 amide bonds. The topological polar surface area (TPSA) is 49.4 Å². The van der Waals surface area contributed by atoms with Crippen LogP contribution >= 0.6 is 23.2 Å². The van der Waals surface area contributed by atoms with Gasteiger partial charge in [-0.05, 0) is 42.7 Å². The summed E-state index contributed by atoms with van der Waals surface area (Å²) in [5.41, 5.74) is 2.13. The Labute approximate surface area is 145 Å². The number of benzene rings is 1. The molecule has 2 rings (SSSR count). The van der Waals surface area contributed by atoms with E-state index >= 15 is 0 Å². The number of likely N-dealkylation sites (tertiary alicyclic amines) is 1. The minimum absolute atomic E-state index is 0.00399. The summed E-state index contributed by atoms with van der Waals surface area (Å²) < 4.78 is 0. The van der Waals surface area contributed by atoms with Crippen molar-refractivity contribution in [1.82, 2.24) is 10.2 Å². The van der Waals surface area contributed by atoms with E-state index in [4.69, 9.17) is 23.2 Å². The van der Waals surface area contributed by atoms with E-state index in [1.54, 1.807) is 17.0 Å². The Morgan fingerprint density at radius 2 is 1.96 bits per heavy atom. The Morgan fingerprint density at radius 1 is 1.26 bits per heavy atom. The van der Waals surface area contributed by atoms with Crippen molar-refractivity contribution < 1.29 is 9.59 Å². The SMILES string of the molecule is C=CC(=O)NCC(=O)N1CCC(=Cc2cc(Cl)ccc2Cl)CC1. The number of carbonyl (C=O) groups excluding carboxylic acids is 2. The fourth-order valence-electron chi connectivity index (χ4n) is 2.38. The van der Waals surface area contributed by atoms with Gasteiger partial charge in [0.25, 0.3) is 0 Å². The Morgan fingerprint density at radius 3 is 2.61 bits per heavy atom. The van der Waals surface area contributed by atoms with Gasteiger partial charge in [0.2, 0.25) is 11.8 Å². The van der Waals surface area contributed by atoms with Crippen LogP contribution in [0.4, 0.5) is 0 Å². The molecule has 1 fully saturated rings. The third kappa shape index (κ3) is 5.12. The van der Waals surface area contributed by atoms with Gasteiger partial charge in [-0.3, -0.25) is 9.59 Å². The molecule has 4 nitrogen and oxygen atoms in total. The molecule has 0 aromatic heterocycles. The first-order chi connectivity index (χ1) is 11.0. The highest BCUT2D eigenvalue weighted by Crippen LogP contribution is 2.26. The molecule has 0 radical (unpaired) electrons. The smallest absolute Gasteiger partial charge is 0.243 e. The first kappa shape index (κ1) is 17.6. The maximum atomic E-state index is 12.0. The fourth-order valence-corrected chi connectivity index (χ4v) is 2.73. The minimum Gasteiger partial charge on any atom is -0.343 e. The molecule has 1 saturated heterocycles. The van der Waals surface area contributed by atoms with Gasteiger partial charge < -0.3 is 10.2 Å². The molecule has 1 aromatic rings. The van der Waals surface area contributed by atoms with Crippen molar-refractivity contribution in [1.29, 1.82) is 0 Å². The van der Waals surface area contributed by atoms with Crippen molar-refractivity contribution >= 4 is 41.1 Å². The number of hydrogen-bond donors (Lipinski definition) is 1. The Kier molecular flexibility index (Phi) is 6.25. The molecule has 0 bridgehead atoms. The van der Waals surface area contributed by atoms with Crippen LogP contribution in [0.15, 0.2) is 36.4 Å². The van der Waals surface area contributed by atoms with E-state index in [-0.39, 0.29) is 18.4 Å². The van der Waals surface area contributed by atoms with Crippen molar-refractivity contribution in [2.75, 3.05) is 19.6 Å². The predicted molar refractivity (Wildman–Crippen MR) is 93.5 cm³/mol. The standard InChI is InChI=1S/C17H18Cl2N2O2/c1-2-16(22)20-11-17(23)21-7-5-12(6-8-21)9-13-10-14(18)3-4-15(13)19/h2-4,9-10H,1,5-8,11H2,(H,20,22). The van der Waals surface area contributed by atoms with Gasteiger partial charge >= 0.3 is 0 Å². The molecule has 0 spiro atoms. The monoisotopic (exact) mass is 352 g/mol. The summed E-state index contributed by atoms with van der Waals surface area (Å²) in [6, 6.07) is 5.36. The van der Waals surface area contributed by atoms with E-state index in [9.17, 15) is 9.59 Å². The number of amides is 2. The molecule has 0 unspecified atom stereocenters. The van der Waals surface area contributed by atoms with E-state index in [0.717, 1.165) is 24.5 Å². The second-order valence-corrected chi connectivity index (χ2v) is 6.11. The predicted octanol–water partition coefficient (Wildman–Crippen LogP) is 3.30. The number of nitrogens with zero attached hydrogens (tertiary/aromatic N) is 1. The number of rotatable bonds is 4. The van der Waals surface area contributed by atoms with Crippen molar-refractivity contribution in [3.8, 4) is 0 Å². The third-order valence-corrected chi connectivity index (χ3v) is 4.25. The van der Waals surface area contributed by atoms with Gasteiger partial charge in [-0.25, -0.2) is 0 Å². The second-order valence-electron chi connectivity index (χ2n) is 5.27. The zero-order valence-corrected chi connectivity index (χ0v) is 14.2. The molecule has 6 heteroatoms. The van der Waals surface area contributed by atoms with Crippen LogP contribution in [0, 0.1) is 0 Å². The largest absolute Gasteiger partial charge is 0.343 e. The molecule has 0 atom stereocenters. The summed E-state index contributed by atoms with van der Waals surface area (Å²) in [7, 11) is 0. The summed E-state index contributed by atoms with van der Waals surface area (Å²) in [5.74, 6) is -0.424. The van der Waals surface area contributed by atoms with E-state index in [1.807, 2.05) is 12.1 Å². The summed E-state index contributed by atoms with van der Waals surface area (Å²) >= 11 is 12.2. The van der Waals surface area contributed by atoms with E-state index in [1.165, 1.54) is 5.57 Å². The van der Waals surface area contributed by atoms with Crippen LogP contribution in [0.1, 0.15) is 18.4 Å². The van der Waals surface area contributed by atoms with E-state index < -0.39 is 0 Å². The molecular formula is C17H18Cl2N2O2. The van der Waals surface area contributed by atoms with Gasteiger partial charge in [-0.15, -0.1) is 0 Å². The lowest BCUT2D eigenvalue weighted by molar-refractivity contribution is -0.132. The normalized spacial score (nSPS) is 14.3. The molecule has 0 aliphatic carbocycles. The highest BCUT2D eigenvalue weighted by Gasteiger charge is 2.19. The first-order valence-electron chi connectivity index (χ1n) is 7.32. The van der Waals surface area contributed by atoms with Gasteiger partial charge in [0.1, 0.15) is 0 Å². The molecule has 0 saturated carbocycles. The highest BCUT2D eigenvalue weighted by molar-refractivity contribution is 6.34. The molecular weight excluding hydrogens is 335 g/mol. The zero-order chi connectivity index (χ0) is 16.8. The van der Waals surface area contributed by atoms with Crippen LogP contribution in [-0.4, -0.2) is 36.3 Å². The van der Waals surface area contributed by atoms with Crippen LogP contribution in [0.2, 0.25) is 10.0 Å². The lowest BCUT2D eigenvalue weighted by atomic mass is 10.0. The van der Waals surface area contributed by atoms with Crippen LogP contribution in [0.5, 0.6) is 0 Å². The van der Waals surface area contributed by atoms with Gasteiger partial charge in [0.15, 0.2) is 0 Å². The molecule has 1 aromatic carbocycles. The van der Waals surface area contributed by atoms with Crippen LogP contribution in [0.25, 0.3) is 6.08 Å². The second kappa shape index (κ2) is 8.18. The maximum Gasteiger partial charge on any atom is 0.243 e. The van der Waals surface area contributed by atoms with Crippen molar-refractivity contribution in [3.05, 3.63) is 52.0 Å². The lowest BCUT2D eigenvalue weighted by Gasteiger charge is -2.28. The maximum absolute atomic E-state index is 12.0. The van der Waals surface area contributed by atoms with Crippen molar-refractivity contribution in [3.63, 3.8) is 0 Å². The summed E-state index contributed by atoms with van der Waals surface area (Å²) in [6.07, 6.45) is 4.75. The highest BCUT2D eigenvalue weighted by atomic mass is 35.5. The summed E-state index contributed by atoms with van der Waals surface area (Å²) in [5, 5.41) is 3.80. The van der Waals surface area contributed by atoms with E-state index in [0.29, 0.717) is 23.1 Å². The van der Waals surface area contributed by atoms with Gasteiger partial charge in [-0.1, -0.05) is 41.4 Å². The number of piperidine rings is 1. The van der Waals surface area contributed by atoms with Gasteiger partial charge in [0.05, 0.1) is 6.54 Å². The van der Waals surface area contributed by atoms with Gasteiger partial charge in [-0.2, -0.15) is 0 Å². The molecule has 1 aliphatic rings. The average Bonchev–Trinajstić information content (AvgIpc) is 2.56. The van der Waals surface area contributed by atoms with Crippen LogP contribution in [0.3, 0.4) is 0 Å². The third-order valence-electron chi connectivity index (χ3n) is 3.68. The molecule has 1 N–H and O–H groups in total. The average molecular weight is 353 g/mol. The number of hydrogen-bond acceptors (Lipinski definition) is 2. The fraction of sp³-hybridized carbons (Fsp3) is 0.294. The number of halogens is 2. The first-order valence-corrected chi connectivity index (χ1v) is 8.07. The molecule has 1 aliphatic heterocycles. The lowest BCUT2D eigenvalue weighted by Crippen LogP contribution is -2.42. The summed E-state index contributed by atoms with van der Waals surface area (Å²) in [6.45, 7) is 4.62. The minimum atomic E-state index is -0.341. The Bertz CT molecular complexity index is 646. The Hall–Kier alpha value is -1.78. The number of carbonyl (C=O) groups is 2. The quantitative estimate of drug-likeness (QED) is 0.845. The van der Waals surface area contributed by atoms with Crippen molar-refractivity contribution in [2.45, 2.75) is 12.8 Å². The van der Waals surface area contributed by atoms with Gasteiger partial charge in [0, 0.05) is 23.1 Å². The molecule has 122 valence electrons. The van der Waals surface area contributed by atoms with Crippen LogP contribution < -0.4 is 5.32 Å². The number of nitrogens with one attached hydrogen (secondary N) is 1. The Balaban J connectivity index is 1.91.